The van der Waals surface area contributed by atoms with Crippen LogP contribution in [-0.2, 0) is 9.53 Å². The number of carbonyl (C=O) groups is 2. The van der Waals surface area contributed by atoms with Crippen LogP contribution in [0.15, 0.2) is 24.3 Å². The number of rotatable bonds is 4. The summed E-state index contributed by atoms with van der Waals surface area (Å²) in [7, 11) is 0. The lowest BCUT2D eigenvalue weighted by Crippen LogP contribution is -2.51. The summed E-state index contributed by atoms with van der Waals surface area (Å²) >= 11 is 5.84. The van der Waals surface area contributed by atoms with Gasteiger partial charge in [-0.3, -0.25) is 0 Å². The van der Waals surface area contributed by atoms with Crippen molar-refractivity contribution in [2.24, 2.45) is 0 Å². The number of carboxylic acid groups (broad SMARTS) is 1. The number of benzene rings is 1. The van der Waals surface area contributed by atoms with E-state index >= 15 is 0 Å². The number of halogens is 1. The highest BCUT2D eigenvalue weighted by atomic mass is 35.5. The summed E-state index contributed by atoms with van der Waals surface area (Å²) in [5.74, 6) is -0.538. The predicted molar refractivity (Wildman–Crippen MR) is 94.1 cm³/mol. The van der Waals surface area contributed by atoms with Gasteiger partial charge in [0.25, 0.3) is 0 Å². The maximum atomic E-state index is 11.9. The van der Waals surface area contributed by atoms with E-state index < -0.39 is 23.3 Å². The smallest absolute Gasteiger partial charge is 0.407 e. The molecule has 1 aromatic rings. The van der Waals surface area contributed by atoms with Gasteiger partial charge in [-0.1, -0.05) is 11.6 Å². The number of hydrogen-bond acceptors (Lipinski definition) is 4. The molecule has 0 unspecified atom stereocenters. The van der Waals surface area contributed by atoms with Crippen molar-refractivity contribution in [1.82, 2.24) is 5.32 Å². The summed E-state index contributed by atoms with van der Waals surface area (Å²) in [6.07, 6.45) is 1.11. The van der Waals surface area contributed by atoms with Gasteiger partial charge >= 0.3 is 12.1 Å². The molecule has 0 heterocycles. The van der Waals surface area contributed by atoms with Crippen LogP contribution in [0, 0.1) is 0 Å². The summed E-state index contributed by atoms with van der Waals surface area (Å²) in [6, 6.07) is 6.48. The summed E-state index contributed by atoms with van der Waals surface area (Å²) in [5, 5.41) is 13.0. The quantitative estimate of drug-likeness (QED) is 0.837. The zero-order valence-corrected chi connectivity index (χ0v) is 15.4. The Kier molecular flexibility index (Phi) is 5.83. The summed E-state index contributed by atoms with van der Waals surface area (Å²) in [6.45, 7) is 5.38. The Morgan fingerprint density at radius 3 is 2.24 bits per heavy atom. The van der Waals surface area contributed by atoms with Crippen LogP contribution in [0.3, 0.4) is 0 Å². The zero-order chi connectivity index (χ0) is 18.7. The van der Waals surface area contributed by atoms with Gasteiger partial charge in [0, 0.05) is 23.9 Å². The number of amides is 1. The standard InChI is InChI=1S/C18H24ClNO5/c1-17(2,3)25-16(23)20-13-8-10-18(11-9-13,15(21)22)24-14-6-4-12(19)5-7-14/h4-7,13H,8-11H2,1-3H3,(H,20,23)(H,21,22). The van der Waals surface area contributed by atoms with Crippen LogP contribution in [-0.4, -0.2) is 34.4 Å². The van der Waals surface area contributed by atoms with E-state index in [4.69, 9.17) is 21.1 Å². The Morgan fingerprint density at radius 2 is 1.76 bits per heavy atom. The monoisotopic (exact) mass is 369 g/mol. The number of hydrogen-bond donors (Lipinski definition) is 2. The molecule has 1 saturated carbocycles. The minimum absolute atomic E-state index is 0.129. The second-order valence-corrected chi connectivity index (χ2v) is 7.71. The van der Waals surface area contributed by atoms with E-state index in [0.29, 0.717) is 36.5 Å². The first kappa shape index (κ1) is 19.4. The first-order valence-corrected chi connectivity index (χ1v) is 8.65. The molecule has 2 N–H and O–H groups in total. The van der Waals surface area contributed by atoms with Gasteiger partial charge in [-0.15, -0.1) is 0 Å². The van der Waals surface area contributed by atoms with Crippen LogP contribution in [0.5, 0.6) is 5.75 Å². The average molecular weight is 370 g/mol. The number of ether oxygens (including phenoxy) is 2. The average Bonchev–Trinajstić information content (AvgIpc) is 2.49. The molecular formula is C18H24ClNO5. The molecule has 1 aliphatic carbocycles. The van der Waals surface area contributed by atoms with Crippen molar-refractivity contribution in [3.05, 3.63) is 29.3 Å². The maximum absolute atomic E-state index is 11.9. The van der Waals surface area contributed by atoms with Crippen molar-refractivity contribution in [2.45, 2.75) is 63.7 Å². The third-order valence-corrected chi connectivity index (χ3v) is 4.28. The first-order valence-electron chi connectivity index (χ1n) is 8.27. The van der Waals surface area contributed by atoms with E-state index in [9.17, 15) is 14.7 Å². The fourth-order valence-corrected chi connectivity index (χ4v) is 2.92. The van der Waals surface area contributed by atoms with Gasteiger partial charge in [-0.05, 0) is 57.9 Å². The van der Waals surface area contributed by atoms with Crippen LogP contribution in [0.2, 0.25) is 5.02 Å². The van der Waals surface area contributed by atoms with Gasteiger partial charge in [0.15, 0.2) is 0 Å². The van der Waals surface area contributed by atoms with Gasteiger partial charge < -0.3 is 19.9 Å². The molecule has 1 aromatic carbocycles. The van der Waals surface area contributed by atoms with E-state index in [2.05, 4.69) is 5.32 Å². The molecule has 0 aromatic heterocycles. The number of alkyl carbamates (subject to hydrolysis) is 1. The van der Waals surface area contributed by atoms with Crippen LogP contribution in [0.1, 0.15) is 46.5 Å². The van der Waals surface area contributed by atoms with Crippen molar-refractivity contribution < 1.29 is 24.2 Å². The first-order chi connectivity index (χ1) is 11.6. The van der Waals surface area contributed by atoms with Crippen molar-refractivity contribution in [2.75, 3.05) is 0 Å². The topological polar surface area (TPSA) is 84.9 Å². The molecule has 0 bridgehead atoms. The molecule has 0 spiro atoms. The predicted octanol–water partition coefficient (Wildman–Crippen LogP) is 4.01. The van der Waals surface area contributed by atoms with Crippen molar-refractivity contribution >= 4 is 23.7 Å². The highest BCUT2D eigenvalue weighted by Crippen LogP contribution is 2.34. The Morgan fingerprint density at radius 1 is 1.20 bits per heavy atom. The molecule has 0 atom stereocenters. The minimum Gasteiger partial charge on any atom is -0.478 e. The Bertz CT molecular complexity index is 615. The SMILES string of the molecule is CC(C)(C)OC(=O)NC1CCC(Oc2ccc(Cl)cc2)(C(=O)O)CC1. The highest BCUT2D eigenvalue weighted by molar-refractivity contribution is 6.30. The van der Waals surface area contributed by atoms with Gasteiger partial charge in [0.1, 0.15) is 11.4 Å². The normalized spacial score (nSPS) is 23.6. The molecule has 0 radical (unpaired) electrons. The molecule has 25 heavy (non-hydrogen) atoms. The summed E-state index contributed by atoms with van der Waals surface area (Å²) < 4.78 is 11.0. The fourth-order valence-electron chi connectivity index (χ4n) is 2.79. The molecule has 0 aliphatic heterocycles. The van der Waals surface area contributed by atoms with Gasteiger partial charge in [-0.25, -0.2) is 9.59 Å². The van der Waals surface area contributed by atoms with Crippen LogP contribution in [0.4, 0.5) is 4.79 Å². The maximum Gasteiger partial charge on any atom is 0.407 e. The molecule has 7 heteroatoms. The number of nitrogens with one attached hydrogen (secondary N) is 1. The number of carboxylic acids is 1. The third kappa shape index (κ3) is 5.53. The lowest BCUT2D eigenvalue weighted by atomic mass is 9.82. The molecule has 2 rings (SSSR count). The Hall–Kier alpha value is -1.95. The van der Waals surface area contributed by atoms with Crippen molar-refractivity contribution in [3.63, 3.8) is 0 Å². The van der Waals surface area contributed by atoms with Crippen molar-refractivity contribution in [1.29, 1.82) is 0 Å². The van der Waals surface area contributed by atoms with E-state index in [-0.39, 0.29) is 6.04 Å². The molecule has 1 aliphatic rings. The summed E-state index contributed by atoms with van der Waals surface area (Å²) in [5.41, 5.74) is -1.86. The van der Waals surface area contributed by atoms with Gasteiger partial charge in [0.2, 0.25) is 5.60 Å². The molecular weight excluding hydrogens is 346 g/mol. The van der Waals surface area contributed by atoms with Gasteiger partial charge in [-0.2, -0.15) is 0 Å². The number of carbonyl (C=O) groups excluding carboxylic acids is 1. The van der Waals surface area contributed by atoms with E-state index in [1.807, 2.05) is 0 Å². The van der Waals surface area contributed by atoms with E-state index in [0.717, 1.165) is 0 Å². The van der Waals surface area contributed by atoms with Crippen LogP contribution < -0.4 is 10.1 Å². The van der Waals surface area contributed by atoms with Gasteiger partial charge in [0.05, 0.1) is 0 Å². The van der Waals surface area contributed by atoms with E-state index in [1.54, 1.807) is 45.0 Å². The van der Waals surface area contributed by atoms with Crippen LogP contribution in [0.25, 0.3) is 0 Å². The largest absolute Gasteiger partial charge is 0.478 e. The van der Waals surface area contributed by atoms with Crippen molar-refractivity contribution in [3.8, 4) is 5.75 Å². The van der Waals surface area contributed by atoms with E-state index in [1.165, 1.54) is 0 Å². The molecule has 1 fully saturated rings. The molecule has 138 valence electrons. The second-order valence-electron chi connectivity index (χ2n) is 7.28. The third-order valence-electron chi connectivity index (χ3n) is 4.03. The van der Waals surface area contributed by atoms with Crippen LogP contribution >= 0.6 is 11.6 Å². The fraction of sp³-hybridized carbons (Fsp3) is 0.556. The lowest BCUT2D eigenvalue weighted by molar-refractivity contribution is -0.158. The second kappa shape index (κ2) is 7.52. The zero-order valence-electron chi connectivity index (χ0n) is 14.7. The molecule has 0 saturated heterocycles. The molecule has 6 nitrogen and oxygen atoms in total. The Labute approximate surface area is 152 Å². The lowest BCUT2D eigenvalue weighted by Gasteiger charge is -2.37. The Balaban J connectivity index is 1.97. The summed E-state index contributed by atoms with van der Waals surface area (Å²) in [4.78, 5) is 23.7. The highest BCUT2D eigenvalue weighted by Gasteiger charge is 2.45. The number of aliphatic carboxylic acids is 1. The molecule has 1 amide bonds. The minimum atomic E-state index is -1.29.